The van der Waals surface area contributed by atoms with Crippen LogP contribution in [0.4, 0.5) is 0 Å². The van der Waals surface area contributed by atoms with Crippen LogP contribution >= 0.6 is 23.4 Å². The molecule has 0 atom stereocenters. The average molecular weight is 300 g/mol. The summed E-state index contributed by atoms with van der Waals surface area (Å²) in [6.45, 7) is 5.80. The van der Waals surface area contributed by atoms with Crippen molar-refractivity contribution in [1.82, 2.24) is 24.7 Å². The van der Waals surface area contributed by atoms with Crippen LogP contribution in [-0.2, 0) is 6.42 Å². The Hall–Kier alpha value is -1.34. The number of hydrogen-bond donors (Lipinski definition) is 1. The molecule has 0 spiro atoms. The maximum atomic E-state index is 11.6. The lowest BCUT2D eigenvalue weighted by molar-refractivity contribution is 0.534. The third-order valence-corrected chi connectivity index (χ3v) is 3.50. The fraction of sp³-hybridized carbons (Fsp3) is 0.455. The number of H-pyrrole nitrogens is 1. The number of rotatable bonds is 4. The molecule has 2 aromatic heterocycles. The first-order chi connectivity index (χ1) is 9.01. The van der Waals surface area contributed by atoms with Crippen molar-refractivity contribution in [3.63, 3.8) is 0 Å². The molecule has 0 fully saturated rings. The van der Waals surface area contributed by atoms with Crippen LogP contribution in [0.2, 0.25) is 5.15 Å². The molecule has 0 saturated carbocycles. The summed E-state index contributed by atoms with van der Waals surface area (Å²) in [5.74, 6) is 0.670. The number of aromatic nitrogens is 5. The Labute approximate surface area is 119 Å². The minimum absolute atomic E-state index is 0.0247. The first kappa shape index (κ1) is 14.1. The number of nitrogens with zero attached hydrogens (tertiary/aromatic N) is 4. The molecule has 0 aromatic carbocycles. The molecule has 0 amide bonds. The maximum Gasteiger partial charge on any atom is 0.344 e. The van der Waals surface area contributed by atoms with Gasteiger partial charge in [0.15, 0.2) is 5.16 Å². The Bertz CT molecular complexity index is 636. The molecule has 0 aliphatic carbocycles. The van der Waals surface area contributed by atoms with Gasteiger partial charge in [0.05, 0.1) is 0 Å². The molecule has 0 unspecified atom stereocenters. The first-order valence-electron chi connectivity index (χ1n) is 5.89. The van der Waals surface area contributed by atoms with Crippen molar-refractivity contribution in [2.75, 3.05) is 0 Å². The normalized spacial score (nSPS) is 11.2. The Morgan fingerprint density at radius 2 is 2.21 bits per heavy atom. The van der Waals surface area contributed by atoms with Gasteiger partial charge in [-0.2, -0.15) is 0 Å². The van der Waals surface area contributed by atoms with Crippen LogP contribution in [0.1, 0.15) is 32.6 Å². The summed E-state index contributed by atoms with van der Waals surface area (Å²) in [6, 6.07) is 1.69. The number of aryl methyl sites for hydroxylation is 1. The Morgan fingerprint density at radius 1 is 1.47 bits per heavy atom. The molecule has 0 aliphatic rings. The lowest BCUT2D eigenvalue weighted by Crippen LogP contribution is -2.19. The van der Waals surface area contributed by atoms with Crippen LogP contribution in [-0.4, -0.2) is 24.7 Å². The molecule has 6 nitrogen and oxygen atoms in total. The van der Waals surface area contributed by atoms with Gasteiger partial charge < -0.3 is 0 Å². The minimum Gasteiger partial charge on any atom is -0.267 e. The Balaban J connectivity index is 2.36. The van der Waals surface area contributed by atoms with Gasteiger partial charge >= 0.3 is 5.69 Å². The van der Waals surface area contributed by atoms with E-state index in [2.05, 4.69) is 20.2 Å². The van der Waals surface area contributed by atoms with Crippen LogP contribution in [0.5, 0.6) is 0 Å². The predicted molar refractivity (Wildman–Crippen MR) is 73.8 cm³/mol. The summed E-state index contributed by atoms with van der Waals surface area (Å²) in [7, 11) is 0. The van der Waals surface area contributed by atoms with E-state index in [9.17, 15) is 4.79 Å². The number of nitrogens with one attached hydrogen (secondary N) is 1. The molecule has 2 rings (SSSR count). The van der Waals surface area contributed by atoms with Gasteiger partial charge in [-0.15, -0.1) is 5.10 Å². The van der Waals surface area contributed by atoms with E-state index in [1.54, 1.807) is 10.6 Å². The molecule has 102 valence electrons. The van der Waals surface area contributed by atoms with Gasteiger partial charge in [-0.25, -0.2) is 19.9 Å². The molecule has 0 bridgehead atoms. The van der Waals surface area contributed by atoms with Gasteiger partial charge in [0.2, 0.25) is 0 Å². The summed E-state index contributed by atoms with van der Waals surface area (Å²) in [5.41, 5.74) is -0.228. The summed E-state index contributed by atoms with van der Waals surface area (Å²) < 4.78 is 1.58. The van der Waals surface area contributed by atoms with Crippen molar-refractivity contribution in [2.24, 2.45) is 0 Å². The van der Waals surface area contributed by atoms with Crippen molar-refractivity contribution in [2.45, 2.75) is 43.4 Å². The Morgan fingerprint density at radius 3 is 2.84 bits per heavy atom. The molecule has 0 aliphatic heterocycles. The lowest BCUT2D eigenvalue weighted by atomic mass is 10.4. The van der Waals surface area contributed by atoms with Crippen molar-refractivity contribution in [3.8, 4) is 0 Å². The maximum absolute atomic E-state index is 11.6. The molecule has 8 heteroatoms. The summed E-state index contributed by atoms with van der Waals surface area (Å²) in [6.07, 6.45) is 0.700. The summed E-state index contributed by atoms with van der Waals surface area (Å²) in [4.78, 5) is 20.1. The van der Waals surface area contributed by atoms with Crippen LogP contribution in [0.15, 0.2) is 21.0 Å². The first-order valence-corrected chi connectivity index (χ1v) is 7.09. The fourth-order valence-corrected chi connectivity index (χ4v) is 2.82. The number of aromatic amines is 1. The molecule has 2 heterocycles. The fourth-order valence-electron chi connectivity index (χ4n) is 1.56. The second kappa shape index (κ2) is 5.75. The van der Waals surface area contributed by atoms with E-state index in [-0.39, 0.29) is 11.7 Å². The summed E-state index contributed by atoms with van der Waals surface area (Å²) >= 11 is 7.23. The SMILES string of the molecule is CCc1nc(Cl)cc(Sc2n[nH]c(=O)n2C(C)C)n1. The number of halogens is 1. The summed E-state index contributed by atoms with van der Waals surface area (Å²) in [5, 5.41) is 8.08. The standard InChI is InChI=1S/C11H14ClN5OS/c1-4-8-13-7(12)5-9(14-8)19-11-16-15-10(18)17(11)6(2)3/h5-6H,4H2,1-3H3,(H,15,18). The van der Waals surface area contributed by atoms with Gasteiger partial charge in [-0.1, -0.05) is 18.5 Å². The molecular weight excluding hydrogens is 286 g/mol. The zero-order chi connectivity index (χ0) is 14.0. The second-order valence-corrected chi connectivity index (χ2v) is 5.55. The van der Waals surface area contributed by atoms with Crippen LogP contribution in [0.3, 0.4) is 0 Å². The highest BCUT2D eigenvalue weighted by Gasteiger charge is 2.14. The molecule has 0 radical (unpaired) electrons. The highest BCUT2D eigenvalue weighted by molar-refractivity contribution is 7.99. The smallest absolute Gasteiger partial charge is 0.267 e. The van der Waals surface area contributed by atoms with Crippen molar-refractivity contribution < 1.29 is 0 Å². The van der Waals surface area contributed by atoms with Crippen LogP contribution in [0, 0.1) is 0 Å². The monoisotopic (exact) mass is 299 g/mol. The van der Waals surface area contributed by atoms with Crippen molar-refractivity contribution in [1.29, 1.82) is 0 Å². The lowest BCUT2D eigenvalue weighted by Gasteiger charge is -2.08. The third kappa shape index (κ3) is 3.16. The van der Waals surface area contributed by atoms with Crippen LogP contribution < -0.4 is 5.69 Å². The van der Waals surface area contributed by atoms with Crippen molar-refractivity contribution >= 4 is 23.4 Å². The van der Waals surface area contributed by atoms with E-state index in [0.29, 0.717) is 27.6 Å². The largest absolute Gasteiger partial charge is 0.344 e. The van der Waals surface area contributed by atoms with Gasteiger partial charge in [-0.05, 0) is 25.6 Å². The van der Waals surface area contributed by atoms with E-state index in [1.165, 1.54) is 11.8 Å². The zero-order valence-corrected chi connectivity index (χ0v) is 12.4. The van der Waals surface area contributed by atoms with E-state index < -0.39 is 0 Å². The topological polar surface area (TPSA) is 76.5 Å². The van der Waals surface area contributed by atoms with Gasteiger partial charge in [0.1, 0.15) is 16.0 Å². The van der Waals surface area contributed by atoms with Crippen molar-refractivity contribution in [3.05, 3.63) is 27.5 Å². The zero-order valence-electron chi connectivity index (χ0n) is 10.8. The van der Waals surface area contributed by atoms with Gasteiger partial charge in [-0.3, -0.25) is 4.57 Å². The highest BCUT2D eigenvalue weighted by Crippen LogP contribution is 2.26. The van der Waals surface area contributed by atoms with E-state index in [4.69, 9.17) is 11.6 Å². The molecule has 1 N–H and O–H groups in total. The minimum atomic E-state index is -0.228. The predicted octanol–water partition coefficient (Wildman–Crippen LogP) is 2.31. The average Bonchev–Trinajstić information content (AvgIpc) is 2.69. The second-order valence-electron chi connectivity index (χ2n) is 4.18. The van der Waals surface area contributed by atoms with E-state index in [1.807, 2.05) is 20.8 Å². The quantitative estimate of drug-likeness (QED) is 0.877. The molecule has 0 saturated heterocycles. The van der Waals surface area contributed by atoms with Gasteiger partial charge in [0.25, 0.3) is 0 Å². The molecular formula is C11H14ClN5OS. The third-order valence-electron chi connectivity index (χ3n) is 2.42. The van der Waals surface area contributed by atoms with Crippen LogP contribution in [0.25, 0.3) is 0 Å². The molecule has 2 aromatic rings. The van der Waals surface area contributed by atoms with E-state index in [0.717, 1.165) is 0 Å². The van der Waals surface area contributed by atoms with Gasteiger partial charge in [0, 0.05) is 18.5 Å². The number of hydrogen-bond acceptors (Lipinski definition) is 5. The molecule has 19 heavy (non-hydrogen) atoms. The Kier molecular flexibility index (Phi) is 4.26. The van der Waals surface area contributed by atoms with E-state index >= 15 is 0 Å². The highest BCUT2D eigenvalue weighted by atomic mass is 35.5.